The Bertz CT molecular complexity index is 1180. The Morgan fingerprint density at radius 2 is 1.91 bits per heavy atom. The fraction of sp³-hybridized carbons (Fsp3) is 0.346. The molecule has 2 aromatic carbocycles. The number of piperidine rings is 1. The van der Waals surface area contributed by atoms with Crippen LogP contribution in [0.1, 0.15) is 25.3 Å². The summed E-state index contributed by atoms with van der Waals surface area (Å²) in [7, 11) is 0. The fourth-order valence-electron chi connectivity index (χ4n) is 4.22. The summed E-state index contributed by atoms with van der Waals surface area (Å²) in [6.07, 6.45) is 2.37. The lowest BCUT2D eigenvalue weighted by molar-refractivity contribution is 0.171. The highest BCUT2D eigenvalue weighted by atomic mass is 32.1. The Morgan fingerprint density at radius 1 is 1.09 bits per heavy atom. The van der Waals surface area contributed by atoms with Gasteiger partial charge in [-0.25, -0.2) is 0 Å². The molecule has 1 unspecified atom stereocenters. The predicted molar refractivity (Wildman–Crippen MR) is 140 cm³/mol. The summed E-state index contributed by atoms with van der Waals surface area (Å²) >= 11 is 5.54. The third kappa shape index (κ3) is 6.10. The number of hydrogen-bond donors (Lipinski definition) is 2. The monoisotopic (exact) mass is 491 g/mol. The van der Waals surface area contributed by atoms with E-state index in [1.54, 1.807) is 0 Å². The highest BCUT2D eigenvalue weighted by molar-refractivity contribution is 7.80. The normalized spacial score (nSPS) is 16.9. The number of fused-ring (bicyclic) bond motifs is 1. The summed E-state index contributed by atoms with van der Waals surface area (Å²) in [5.41, 5.74) is 1.03. The minimum absolute atomic E-state index is 0.395. The quantitative estimate of drug-likeness (QED) is 0.474. The number of hydrogen-bond acceptors (Lipinski definition) is 7. The van der Waals surface area contributed by atoms with Crippen molar-refractivity contribution in [1.82, 2.24) is 15.3 Å². The van der Waals surface area contributed by atoms with Crippen LogP contribution in [0.15, 0.2) is 54.6 Å². The van der Waals surface area contributed by atoms with Gasteiger partial charge in [0.1, 0.15) is 24.8 Å². The Balaban J connectivity index is 1.29. The third-order valence-electron chi connectivity index (χ3n) is 5.92. The Morgan fingerprint density at radius 3 is 2.74 bits per heavy atom. The number of rotatable bonds is 6. The number of aromatic nitrogens is 2. The van der Waals surface area contributed by atoms with Crippen molar-refractivity contribution >= 4 is 29.1 Å². The smallest absolute Gasteiger partial charge is 0.234 e. The SMILES string of the molecule is CC1CCCN(c2cc(Oc3ccccc3)nc(NC(=S)NCc3ccc4c(c3)OCCO4)n2)C1. The molecule has 1 aromatic heterocycles. The van der Waals surface area contributed by atoms with E-state index < -0.39 is 0 Å². The minimum atomic E-state index is 0.395. The maximum absolute atomic E-state index is 6.03. The Labute approximate surface area is 210 Å². The van der Waals surface area contributed by atoms with Gasteiger partial charge in [0.2, 0.25) is 11.8 Å². The van der Waals surface area contributed by atoms with E-state index in [0.29, 0.717) is 42.6 Å². The van der Waals surface area contributed by atoms with Gasteiger partial charge >= 0.3 is 0 Å². The van der Waals surface area contributed by atoms with Crippen molar-refractivity contribution in [3.05, 3.63) is 60.2 Å². The predicted octanol–water partition coefficient (Wildman–Crippen LogP) is 4.76. The van der Waals surface area contributed by atoms with Crippen LogP contribution in [0, 0.1) is 5.92 Å². The van der Waals surface area contributed by atoms with Gasteiger partial charge in [-0.1, -0.05) is 31.2 Å². The van der Waals surface area contributed by atoms with Gasteiger partial charge < -0.3 is 29.7 Å². The van der Waals surface area contributed by atoms with Gasteiger partial charge in [-0.3, -0.25) is 0 Å². The van der Waals surface area contributed by atoms with Crippen molar-refractivity contribution in [2.24, 2.45) is 5.92 Å². The maximum atomic E-state index is 6.03. The molecule has 3 aromatic rings. The summed E-state index contributed by atoms with van der Waals surface area (Å²) in [5.74, 6) is 4.54. The van der Waals surface area contributed by atoms with Crippen molar-refractivity contribution in [2.45, 2.75) is 26.3 Å². The zero-order valence-electron chi connectivity index (χ0n) is 19.7. The van der Waals surface area contributed by atoms with Crippen molar-refractivity contribution in [3.63, 3.8) is 0 Å². The molecule has 2 N–H and O–H groups in total. The molecular weight excluding hydrogens is 462 g/mol. The largest absolute Gasteiger partial charge is 0.486 e. The van der Waals surface area contributed by atoms with E-state index in [-0.39, 0.29) is 0 Å². The number of anilines is 2. The summed E-state index contributed by atoms with van der Waals surface area (Å²) in [4.78, 5) is 11.6. The average molecular weight is 492 g/mol. The van der Waals surface area contributed by atoms with Crippen LogP contribution in [-0.2, 0) is 6.54 Å². The number of thiocarbonyl (C=S) groups is 1. The van der Waals surface area contributed by atoms with E-state index in [4.69, 9.17) is 31.4 Å². The van der Waals surface area contributed by atoms with Crippen LogP contribution >= 0.6 is 12.2 Å². The van der Waals surface area contributed by atoms with Crippen LogP contribution in [-0.4, -0.2) is 41.4 Å². The average Bonchev–Trinajstić information content (AvgIpc) is 2.88. The molecule has 0 aliphatic carbocycles. The van der Waals surface area contributed by atoms with E-state index in [1.807, 2.05) is 54.6 Å². The second kappa shape index (κ2) is 10.8. The molecule has 2 aliphatic rings. The number of nitrogens with one attached hydrogen (secondary N) is 2. The number of nitrogens with zero attached hydrogens (tertiary/aromatic N) is 3. The Kier molecular flexibility index (Phi) is 7.13. The van der Waals surface area contributed by atoms with Crippen molar-refractivity contribution < 1.29 is 14.2 Å². The molecule has 35 heavy (non-hydrogen) atoms. The molecule has 1 saturated heterocycles. The lowest BCUT2D eigenvalue weighted by Crippen LogP contribution is -2.35. The molecule has 5 rings (SSSR count). The molecule has 1 atom stereocenters. The molecule has 3 heterocycles. The van der Waals surface area contributed by atoms with Gasteiger partial charge in [0, 0.05) is 25.7 Å². The second-order valence-electron chi connectivity index (χ2n) is 8.78. The van der Waals surface area contributed by atoms with Crippen molar-refractivity contribution in [1.29, 1.82) is 0 Å². The molecule has 0 bridgehead atoms. The van der Waals surface area contributed by atoms with Gasteiger partial charge in [-0.15, -0.1) is 0 Å². The first kappa shape index (κ1) is 23.2. The molecule has 9 heteroatoms. The van der Waals surface area contributed by atoms with Crippen LogP contribution in [0.4, 0.5) is 11.8 Å². The van der Waals surface area contributed by atoms with Gasteiger partial charge in [0.25, 0.3) is 0 Å². The van der Waals surface area contributed by atoms with E-state index in [2.05, 4.69) is 27.4 Å². The first-order chi connectivity index (χ1) is 17.1. The number of benzene rings is 2. The fourth-order valence-corrected chi connectivity index (χ4v) is 4.38. The molecule has 0 saturated carbocycles. The first-order valence-corrected chi connectivity index (χ1v) is 12.3. The van der Waals surface area contributed by atoms with Crippen LogP contribution in [0.2, 0.25) is 0 Å². The van der Waals surface area contributed by atoms with E-state index in [1.165, 1.54) is 6.42 Å². The molecule has 0 spiro atoms. The van der Waals surface area contributed by atoms with Crippen molar-refractivity contribution in [2.75, 3.05) is 36.5 Å². The van der Waals surface area contributed by atoms with Gasteiger partial charge in [-0.2, -0.15) is 9.97 Å². The highest BCUT2D eigenvalue weighted by Gasteiger charge is 2.20. The summed E-state index contributed by atoms with van der Waals surface area (Å²) in [6.45, 7) is 5.83. The zero-order valence-corrected chi connectivity index (χ0v) is 20.5. The van der Waals surface area contributed by atoms with Crippen LogP contribution in [0.3, 0.4) is 0 Å². The molecule has 2 aliphatic heterocycles. The zero-order chi connectivity index (χ0) is 24.0. The van der Waals surface area contributed by atoms with E-state index in [9.17, 15) is 0 Å². The van der Waals surface area contributed by atoms with Crippen LogP contribution < -0.4 is 29.7 Å². The molecule has 8 nitrogen and oxygen atoms in total. The number of para-hydroxylation sites is 1. The lowest BCUT2D eigenvalue weighted by atomic mass is 10.0. The molecule has 1 fully saturated rings. The molecule has 182 valence electrons. The lowest BCUT2D eigenvalue weighted by Gasteiger charge is -2.32. The first-order valence-electron chi connectivity index (χ1n) is 11.9. The molecule has 0 amide bonds. The summed E-state index contributed by atoms with van der Waals surface area (Å²) in [6, 6.07) is 17.4. The third-order valence-corrected chi connectivity index (χ3v) is 6.17. The van der Waals surface area contributed by atoms with Crippen molar-refractivity contribution in [3.8, 4) is 23.1 Å². The van der Waals surface area contributed by atoms with Crippen LogP contribution in [0.5, 0.6) is 23.1 Å². The molecular formula is C26H29N5O3S. The summed E-state index contributed by atoms with van der Waals surface area (Å²) < 4.78 is 17.3. The van der Waals surface area contributed by atoms with E-state index >= 15 is 0 Å². The van der Waals surface area contributed by atoms with Gasteiger partial charge in [-0.05, 0) is 60.8 Å². The van der Waals surface area contributed by atoms with Crippen LogP contribution in [0.25, 0.3) is 0 Å². The standard InChI is InChI=1S/C26H29N5O3S/c1-18-6-5-11-31(17-18)23-15-24(34-20-7-3-2-4-8-20)29-25(28-23)30-26(35)27-16-19-9-10-21-22(14-19)33-13-12-32-21/h2-4,7-10,14-15,18H,5-6,11-13,16-17H2,1H3,(H2,27,28,29,30,35). The molecule has 0 radical (unpaired) electrons. The number of ether oxygens (including phenoxy) is 3. The highest BCUT2D eigenvalue weighted by Crippen LogP contribution is 2.31. The van der Waals surface area contributed by atoms with Gasteiger partial charge in [0.05, 0.1) is 0 Å². The van der Waals surface area contributed by atoms with E-state index in [0.717, 1.165) is 48.1 Å². The topological polar surface area (TPSA) is 80.8 Å². The second-order valence-corrected chi connectivity index (χ2v) is 9.19. The Hall–Kier alpha value is -3.59. The minimum Gasteiger partial charge on any atom is -0.486 e. The summed E-state index contributed by atoms with van der Waals surface area (Å²) in [5, 5.41) is 6.77. The van der Waals surface area contributed by atoms with Gasteiger partial charge in [0.15, 0.2) is 16.6 Å². The maximum Gasteiger partial charge on any atom is 0.234 e.